The maximum absolute atomic E-state index is 12.3. The molecule has 0 unspecified atom stereocenters. The van der Waals surface area contributed by atoms with Gasteiger partial charge in [-0.15, -0.1) is 0 Å². The minimum atomic E-state index is -0.616. The molecule has 1 aliphatic heterocycles. The first kappa shape index (κ1) is 17.7. The maximum Gasteiger partial charge on any atom is 0.235 e. The van der Waals surface area contributed by atoms with Gasteiger partial charge in [-0.2, -0.15) is 5.26 Å². The Balaban J connectivity index is 1.42. The van der Waals surface area contributed by atoms with Crippen LogP contribution in [0, 0.1) is 24.2 Å². The highest BCUT2D eigenvalue weighted by Gasteiger charge is 2.36. The van der Waals surface area contributed by atoms with Crippen molar-refractivity contribution in [2.45, 2.75) is 44.6 Å². The number of pyridine rings is 1. The Labute approximate surface area is 149 Å². The van der Waals surface area contributed by atoms with E-state index in [-0.39, 0.29) is 5.91 Å². The average Bonchev–Trinajstić information content (AvgIpc) is 3.23. The van der Waals surface area contributed by atoms with Crippen LogP contribution >= 0.6 is 0 Å². The zero-order chi connectivity index (χ0) is 17.7. The van der Waals surface area contributed by atoms with Gasteiger partial charge in [-0.05, 0) is 63.6 Å². The molecule has 2 fully saturated rings. The molecule has 1 amide bonds. The Morgan fingerprint density at radius 1 is 1.44 bits per heavy atom. The molecule has 2 N–H and O–H groups in total. The van der Waals surface area contributed by atoms with Crippen LogP contribution in [0.2, 0.25) is 0 Å². The molecule has 0 aromatic carbocycles. The Morgan fingerprint density at radius 3 is 2.96 bits per heavy atom. The molecule has 1 saturated heterocycles. The van der Waals surface area contributed by atoms with Crippen LogP contribution in [0.25, 0.3) is 0 Å². The van der Waals surface area contributed by atoms with Crippen molar-refractivity contribution in [2.24, 2.45) is 5.92 Å². The summed E-state index contributed by atoms with van der Waals surface area (Å²) in [6, 6.07) is 8.29. The summed E-state index contributed by atoms with van der Waals surface area (Å²) < 4.78 is 0. The van der Waals surface area contributed by atoms with Crippen molar-refractivity contribution < 1.29 is 4.79 Å². The summed E-state index contributed by atoms with van der Waals surface area (Å²) in [6.07, 6.45) is 4.70. The van der Waals surface area contributed by atoms with Crippen molar-refractivity contribution in [1.82, 2.24) is 15.2 Å². The van der Waals surface area contributed by atoms with E-state index in [0.717, 1.165) is 63.3 Å². The summed E-state index contributed by atoms with van der Waals surface area (Å²) >= 11 is 0. The fourth-order valence-electron chi connectivity index (χ4n) is 3.87. The number of anilines is 1. The third kappa shape index (κ3) is 4.70. The first-order chi connectivity index (χ1) is 12.1. The minimum Gasteiger partial charge on any atom is -0.370 e. The average molecular weight is 341 g/mol. The van der Waals surface area contributed by atoms with Crippen LogP contribution in [0.5, 0.6) is 0 Å². The smallest absolute Gasteiger partial charge is 0.235 e. The van der Waals surface area contributed by atoms with Crippen molar-refractivity contribution in [3.05, 3.63) is 23.9 Å². The number of aromatic nitrogens is 1. The monoisotopic (exact) mass is 341 g/mol. The highest BCUT2D eigenvalue weighted by molar-refractivity contribution is 5.79. The number of hydrogen-bond donors (Lipinski definition) is 2. The molecule has 0 radical (unpaired) electrons. The van der Waals surface area contributed by atoms with E-state index in [2.05, 4.69) is 26.6 Å². The normalized spacial score (nSPS) is 22.5. The predicted octanol–water partition coefficient (Wildman–Crippen LogP) is 2.08. The standard InChI is InChI=1S/C19H27N5O/c1-15-5-4-6-17(22-15)21-11-16-7-10-24(12-16)13-18(25)23-19(14-20)8-2-3-9-19/h4-6,16H,2-3,7-13H2,1H3,(H,21,22)(H,23,25)/t16-/m1/s1. The summed E-state index contributed by atoms with van der Waals surface area (Å²) in [5.74, 6) is 1.41. The van der Waals surface area contributed by atoms with Gasteiger partial charge in [-0.3, -0.25) is 9.69 Å². The predicted molar refractivity (Wildman–Crippen MR) is 97.0 cm³/mol. The molecule has 1 saturated carbocycles. The lowest BCUT2D eigenvalue weighted by Crippen LogP contribution is -2.48. The molecular formula is C19H27N5O. The zero-order valence-electron chi connectivity index (χ0n) is 14.9. The lowest BCUT2D eigenvalue weighted by Gasteiger charge is -2.24. The Hall–Kier alpha value is -2.13. The molecule has 0 bridgehead atoms. The van der Waals surface area contributed by atoms with Gasteiger partial charge in [0.25, 0.3) is 0 Å². The second kappa shape index (κ2) is 7.83. The van der Waals surface area contributed by atoms with Crippen LogP contribution in [-0.2, 0) is 4.79 Å². The fraction of sp³-hybridized carbons (Fsp3) is 0.632. The van der Waals surface area contributed by atoms with Gasteiger partial charge in [0.15, 0.2) is 0 Å². The zero-order valence-corrected chi connectivity index (χ0v) is 14.9. The van der Waals surface area contributed by atoms with Crippen LogP contribution in [0.4, 0.5) is 5.82 Å². The van der Waals surface area contributed by atoms with E-state index >= 15 is 0 Å². The summed E-state index contributed by atoms with van der Waals surface area (Å²) in [5.41, 5.74) is 0.391. The van der Waals surface area contributed by atoms with Crippen LogP contribution < -0.4 is 10.6 Å². The topological polar surface area (TPSA) is 81.0 Å². The minimum absolute atomic E-state index is 0.0163. The number of rotatable bonds is 6. The van der Waals surface area contributed by atoms with E-state index in [4.69, 9.17) is 0 Å². The first-order valence-electron chi connectivity index (χ1n) is 9.21. The fourth-order valence-corrected chi connectivity index (χ4v) is 3.87. The lowest BCUT2D eigenvalue weighted by molar-refractivity contribution is -0.123. The molecule has 0 spiro atoms. The van der Waals surface area contributed by atoms with Crippen molar-refractivity contribution >= 4 is 11.7 Å². The summed E-state index contributed by atoms with van der Waals surface area (Å²) in [6.45, 7) is 5.09. The number of aryl methyl sites for hydroxylation is 1. The lowest BCUT2D eigenvalue weighted by atomic mass is 10.00. The van der Waals surface area contributed by atoms with Crippen LogP contribution in [0.15, 0.2) is 18.2 Å². The molecule has 1 atom stereocenters. The van der Waals surface area contributed by atoms with Gasteiger partial charge in [0.2, 0.25) is 5.91 Å². The third-order valence-corrected chi connectivity index (χ3v) is 5.25. The SMILES string of the molecule is Cc1cccc(NC[C@H]2CCN(CC(=O)NC3(C#N)CCCC3)C2)n1. The molecule has 1 aliphatic carbocycles. The maximum atomic E-state index is 12.3. The molecular weight excluding hydrogens is 314 g/mol. The van der Waals surface area contributed by atoms with E-state index in [0.29, 0.717) is 12.5 Å². The molecule has 1 aromatic rings. The molecule has 6 heteroatoms. The molecule has 3 rings (SSSR count). The van der Waals surface area contributed by atoms with Gasteiger partial charge in [-0.25, -0.2) is 4.98 Å². The van der Waals surface area contributed by atoms with Crippen molar-refractivity contribution in [2.75, 3.05) is 31.5 Å². The largest absolute Gasteiger partial charge is 0.370 e. The molecule has 2 heterocycles. The second-order valence-electron chi connectivity index (χ2n) is 7.38. The highest BCUT2D eigenvalue weighted by atomic mass is 16.2. The Morgan fingerprint density at radius 2 is 2.24 bits per heavy atom. The van der Waals surface area contributed by atoms with Gasteiger partial charge in [-0.1, -0.05) is 6.07 Å². The highest BCUT2D eigenvalue weighted by Crippen LogP contribution is 2.28. The van der Waals surface area contributed by atoms with Crippen LogP contribution in [-0.4, -0.2) is 47.5 Å². The number of hydrogen-bond acceptors (Lipinski definition) is 5. The van der Waals surface area contributed by atoms with E-state index in [1.807, 2.05) is 25.1 Å². The molecule has 25 heavy (non-hydrogen) atoms. The Bertz CT molecular complexity index is 647. The molecule has 1 aromatic heterocycles. The number of amides is 1. The number of nitrogens with zero attached hydrogens (tertiary/aromatic N) is 3. The van der Waals surface area contributed by atoms with Crippen LogP contribution in [0.1, 0.15) is 37.8 Å². The van der Waals surface area contributed by atoms with E-state index in [1.54, 1.807) is 0 Å². The van der Waals surface area contributed by atoms with Crippen molar-refractivity contribution in [1.29, 1.82) is 5.26 Å². The van der Waals surface area contributed by atoms with E-state index in [9.17, 15) is 10.1 Å². The second-order valence-corrected chi connectivity index (χ2v) is 7.38. The van der Waals surface area contributed by atoms with E-state index in [1.165, 1.54) is 0 Å². The van der Waals surface area contributed by atoms with Gasteiger partial charge < -0.3 is 10.6 Å². The molecule has 6 nitrogen and oxygen atoms in total. The molecule has 134 valence electrons. The van der Waals surface area contributed by atoms with Crippen molar-refractivity contribution in [3.8, 4) is 6.07 Å². The van der Waals surface area contributed by atoms with Crippen molar-refractivity contribution in [3.63, 3.8) is 0 Å². The van der Waals surface area contributed by atoms with Gasteiger partial charge in [0, 0.05) is 18.8 Å². The van der Waals surface area contributed by atoms with Crippen LogP contribution in [0.3, 0.4) is 0 Å². The third-order valence-electron chi connectivity index (χ3n) is 5.25. The number of nitriles is 1. The quantitative estimate of drug-likeness (QED) is 0.828. The number of carbonyl (C=O) groups excluding carboxylic acids is 1. The first-order valence-corrected chi connectivity index (χ1v) is 9.21. The summed E-state index contributed by atoms with van der Waals surface area (Å²) in [5, 5.41) is 15.7. The van der Waals surface area contributed by atoms with Gasteiger partial charge >= 0.3 is 0 Å². The van der Waals surface area contributed by atoms with Gasteiger partial charge in [0.05, 0.1) is 12.6 Å². The molecule has 2 aliphatic rings. The number of likely N-dealkylation sites (tertiary alicyclic amines) is 1. The van der Waals surface area contributed by atoms with Gasteiger partial charge in [0.1, 0.15) is 11.4 Å². The number of carbonyl (C=O) groups is 1. The number of nitrogens with one attached hydrogen (secondary N) is 2. The summed E-state index contributed by atoms with van der Waals surface area (Å²) in [7, 11) is 0. The Kier molecular flexibility index (Phi) is 5.54. The van der Waals surface area contributed by atoms with E-state index < -0.39 is 5.54 Å². The summed E-state index contributed by atoms with van der Waals surface area (Å²) in [4.78, 5) is 19.0.